The van der Waals surface area contributed by atoms with Gasteiger partial charge in [-0.15, -0.1) is 11.8 Å². The second-order valence-corrected chi connectivity index (χ2v) is 9.38. The third-order valence-electron chi connectivity index (χ3n) is 4.88. The third kappa shape index (κ3) is 8.06. The van der Waals surface area contributed by atoms with Crippen molar-refractivity contribution in [2.45, 2.75) is 57.5 Å². The maximum absolute atomic E-state index is 13.2. The number of amides is 2. The van der Waals surface area contributed by atoms with E-state index in [4.69, 9.17) is 23.2 Å². The quantitative estimate of drug-likeness (QED) is 0.394. The summed E-state index contributed by atoms with van der Waals surface area (Å²) in [5.74, 6) is 0.473. The van der Waals surface area contributed by atoms with Gasteiger partial charge in [0.05, 0.1) is 10.0 Å². The summed E-state index contributed by atoms with van der Waals surface area (Å²) >= 11 is 13.8. The molecule has 0 radical (unpaired) electrons. The number of nitrogens with zero attached hydrogens (tertiary/aromatic N) is 1. The first-order valence-corrected chi connectivity index (χ1v) is 12.3. The molecular weight excluding hydrogens is 451 g/mol. The predicted molar refractivity (Wildman–Crippen MR) is 131 cm³/mol. The normalized spacial score (nSPS) is 11.8. The summed E-state index contributed by atoms with van der Waals surface area (Å²) in [5, 5.41) is 3.83. The number of carbonyl (C=O) groups excluding carboxylic acids is 2. The lowest BCUT2D eigenvalue weighted by atomic mass is 10.1. The molecule has 0 unspecified atom stereocenters. The van der Waals surface area contributed by atoms with Crippen molar-refractivity contribution in [3.8, 4) is 0 Å². The molecule has 0 aromatic heterocycles. The fourth-order valence-corrected chi connectivity index (χ4v) is 4.32. The lowest BCUT2D eigenvalue weighted by Gasteiger charge is -2.30. The molecule has 0 fully saturated rings. The van der Waals surface area contributed by atoms with E-state index in [9.17, 15) is 9.59 Å². The van der Waals surface area contributed by atoms with E-state index in [0.717, 1.165) is 16.9 Å². The van der Waals surface area contributed by atoms with Crippen LogP contribution in [0.4, 0.5) is 0 Å². The second-order valence-electron chi connectivity index (χ2n) is 7.40. The van der Waals surface area contributed by atoms with Gasteiger partial charge in [0.2, 0.25) is 11.8 Å². The van der Waals surface area contributed by atoms with E-state index in [2.05, 4.69) is 29.6 Å². The number of benzene rings is 2. The van der Waals surface area contributed by atoms with Crippen molar-refractivity contribution in [1.29, 1.82) is 0 Å². The van der Waals surface area contributed by atoms with Crippen LogP contribution in [0.5, 0.6) is 0 Å². The van der Waals surface area contributed by atoms with E-state index in [-0.39, 0.29) is 11.8 Å². The molecule has 0 aliphatic heterocycles. The van der Waals surface area contributed by atoms with Crippen LogP contribution in [-0.4, -0.2) is 35.1 Å². The summed E-state index contributed by atoms with van der Waals surface area (Å²) in [6, 6.07) is 13.0. The molecule has 2 aromatic carbocycles. The van der Waals surface area contributed by atoms with Crippen molar-refractivity contribution in [1.82, 2.24) is 10.2 Å². The average Bonchev–Trinajstić information content (AvgIpc) is 2.75. The first-order chi connectivity index (χ1) is 14.8. The van der Waals surface area contributed by atoms with Crippen molar-refractivity contribution in [2.75, 3.05) is 12.3 Å². The number of carbonyl (C=O) groups is 2. The van der Waals surface area contributed by atoms with Crippen molar-refractivity contribution >= 4 is 46.8 Å². The van der Waals surface area contributed by atoms with Crippen molar-refractivity contribution in [3.63, 3.8) is 0 Å². The lowest BCUT2D eigenvalue weighted by Crippen LogP contribution is -2.49. The molecule has 0 aliphatic carbocycles. The zero-order valence-corrected chi connectivity index (χ0v) is 20.6. The van der Waals surface area contributed by atoms with Crippen LogP contribution in [0.25, 0.3) is 0 Å². The molecule has 168 valence electrons. The summed E-state index contributed by atoms with van der Waals surface area (Å²) in [4.78, 5) is 28.7. The molecule has 2 aromatic rings. The van der Waals surface area contributed by atoms with Crippen LogP contribution in [0.15, 0.2) is 47.4 Å². The molecule has 0 heterocycles. The molecule has 31 heavy (non-hydrogen) atoms. The van der Waals surface area contributed by atoms with E-state index in [1.54, 1.807) is 28.8 Å². The predicted octanol–water partition coefficient (Wildman–Crippen LogP) is 6.12. The molecule has 0 aliphatic rings. The van der Waals surface area contributed by atoms with Gasteiger partial charge in [-0.1, -0.05) is 60.8 Å². The Bertz CT molecular complexity index is 874. The molecule has 0 bridgehead atoms. The lowest BCUT2D eigenvalue weighted by molar-refractivity contribution is -0.141. The van der Waals surface area contributed by atoms with Crippen LogP contribution in [0, 0.1) is 6.92 Å². The minimum absolute atomic E-state index is 0.0517. The smallest absolute Gasteiger partial charge is 0.242 e. The molecule has 2 amide bonds. The maximum Gasteiger partial charge on any atom is 0.242 e. The van der Waals surface area contributed by atoms with Crippen LogP contribution >= 0.6 is 35.0 Å². The minimum atomic E-state index is -0.530. The number of halogens is 2. The van der Waals surface area contributed by atoms with Gasteiger partial charge in [0.25, 0.3) is 0 Å². The van der Waals surface area contributed by atoms with Gasteiger partial charge in [0, 0.05) is 30.2 Å². The summed E-state index contributed by atoms with van der Waals surface area (Å²) < 4.78 is 0. The van der Waals surface area contributed by atoms with Crippen molar-refractivity contribution in [3.05, 3.63) is 63.6 Å². The van der Waals surface area contributed by atoms with Gasteiger partial charge in [0.1, 0.15) is 6.04 Å². The highest BCUT2D eigenvalue weighted by Gasteiger charge is 2.28. The number of hydrogen-bond donors (Lipinski definition) is 1. The first kappa shape index (κ1) is 25.6. The number of rotatable bonds is 11. The summed E-state index contributed by atoms with van der Waals surface area (Å²) in [6.45, 7) is 6.87. The van der Waals surface area contributed by atoms with Gasteiger partial charge in [-0.3, -0.25) is 9.59 Å². The summed E-state index contributed by atoms with van der Waals surface area (Å²) in [6.07, 6.45) is 1.72. The highest BCUT2D eigenvalue weighted by molar-refractivity contribution is 7.99. The standard InChI is InChI=1S/C24H30Cl2N2O2S/c1-4-13-27-24(30)22(5-2)28(16-18-8-11-20(25)21(26)15-18)23(29)12-14-31-19-9-6-17(3)7-10-19/h6-11,15,22H,4-5,12-14,16H2,1-3H3,(H,27,30)/t22-/m1/s1. The minimum Gasteiger partial charge on any atom is -0.354 e. The van der Waals surface area contributed by atoms with Gasteiger partial charge in [0.15, 0.2) is 0 Å². The molecule has 0 spiro atoms. The van der Waals surface area contributed by atoms with E-state index < -0.39 is 6.04 Å². The van der Waals surface area contributed by atoms with Crippen LogP contribution in [0.3, 0.4) is 0 Å². The number of thioether (sulfide) groups is 1. The van der Waals surface area contributed by atoms with E-state index in [1.807, 2.05) is 26.8 Å². The van der Waals surface area contributed by atoms with Gasteiger partial charge in [-0.2, -0.15) is 0 Å². The van der Waals surface area contributed by atoms with Gasteiger partial charge in [-0.05, 0) is 49.6 Å². The van der Waals surface area contributed by atoms with Crippen molar-refractivity contribution < 1.29 is 9.59 Å². The Hall–Kier alpha value is -1.69. The van der Waals surface area contributed by atoms with Crippen LogP contribution in [0.1, 0.15) is 44.2 Å². The second kappa shape index (κ2) is 13.0. The van der Waals surface area contributed by atoms with E-state index >= 15 is 0 Å². The molecule has 1 N–H and O–H groups in total. The summed E-state index contributed by atoms with van der Waals surface area (Å²) in [5.41, 5.74) is 2.05. The maximum atomic E-state index is 13.2. The Kier molecular flexibility index (Phi) is 10.7. The van der Waals surface area contributed by atoms with Gasteiger partial charge < -0.3 is 10.2 Å². The Morgan fingerprint density at radius 1 is 1.06 bits per heavy atom. The largest absolute Gasteiger partial charge is 0.354 e. The molecule has 2 rings (SSSR count). The number of hydrogen-bond acceptors (Lipinski definition) is 3. The van der Waals surface area contributed by atoms with Gasteiger partial charge >= 0.3 is 0 Å². The Balaban J connectivity index is 2.13. The van der Waals surface area contributed by atoms with Crippen LogP contribution in [0.2, 0.25) is 10.0 Å². The van der Waals surface area contributed by atoms with Crippen LogP contribution < -0.4 is 5.32 Å². The molecule has 0 saturated heterocycles. The van der Waals surface area contributed by atoms with E-state index in [0.29, 0.717) is 41.7 Å². The molecule has 4 nitrogen and oxygen atoms in total. The zero-order valence-electron chi connectivity index (χ0n) is 18.3. The fraction of sp³-hybridized carbons (Fsp3) is 0.417. The monoisotopic (exact) mass is 480 g/mol. The average molecular weight is 481 g/mol. The SMILES string of the molecule is CCCNC(=O)[C@@H](CC)N(Cc1ccc(Cl)c(Cl)c1)C(=O)CCSc1ccc(C)cc1. The highest BCUT2D eigenvalue weighted by atomic mass is 35.5. The highest BCUT2D eigenvalue weighted by Crippen LogP contribution is 2.25. The van der Waals surface area contributed by atoms with Crippen LogP contribution in [-0.2, 0) is 16.1 Å². The molecule has 1 atom stereocenters. The zero-order chi connectivity index (χ0) is 22.8. The molecular formula is C24H30Cl2N2O2S. The third-order valence-corrected chi connectivity index (χ3v) is 6.63. The molecule has 7 heteroatoms. The van der Waals surface area contributed by atoms with E-state index in [1.165, 1.54) is 5.56 Å². The number of aryl methyl sites for hydroxylation is 1. The molecule has 0 saturated carbocycles. The topological polar surface area (TPSA) is 49.4 Å². The number of nitrogens with one attached hydrogen (secondary N) is 1. The Morgan fingerprint density at radius 2 is 1.77 bits per heavy atom. The van der Waals surface area contributed by atoms with Crippen molar-refractivity contribution in [2.24, 2.45) is 0 Å². The fourth-order valence-electron chi connectivity index (χ4n) is 3.15. The Morgan fingerprint density at radius 3 is 2.39 bits per heavy atom. The Labute approximate surface area is 199 Å². The first-order valence-electron chi connectivity index (χ1n) is 10.6. The summed E-state index contributed by atoms with van der Waals surface area (Å²) in [7, 11) is 0. The van der Waals surface area contributed by atoms with Gasteiger partial charge in [-0.25, -0.2) is 0 Å².